The molecule has 1 heterocycles. The average Bonchev–Trinajstić information content (AvgIpc) is 2.63. The third kappa shape index (κ3) is 5.01. The number of aryl methyl sites for hydroxylation is 1. The second kappa shape index (κ2) is 8.47. The Labute approximate surface area is 177 Å². The minimum absolute atomic E-state index is 0.0721. The van der Waals surface area contributed by atoms with E-state index in [2.05, 4.69) is 5.32 Å². The van der Waals surface area contributed by atoms with Gasteiger partial charge in [0.05, 0.1) is 12.2 Å². The summed E-state index contributed by atoms with van der Waals surface area (Å²) in [4.78, 5) is 25.7. The quantitative estimate of drug-likeness (QED) is 0.706. The Morgan fingerprint density at radius 1 is 1.25 bits per heavy atom. The van der Waals surface area contributed by atoms with Crippen LogP contribution < -0.4 is 19.7 Å². The molecule has 28 heavy (non-hydrogen) atoms. The predicted octanol–water partition coefficient (Wildman–Crippen LogP) is 4.11. The summed E-state index contributed by atoms with van der Waals surface area (Å²) in [7, 11) is 0. The highest BCUT2D eigenvalue weighted by atomic mass is 35.6. The molecule has 0 spiro atoms. The number of nitrogens with zero attached hydrogens (tertiary/aromatic N) is 1. The Kier molecular flexibility index (Phi) is 6.23. The first-order chi connectivity index (χ1) is 13.2. The molecule has 0 unspecified atom stereocenters. The van der Waals surface area contributed by atoms with Gasteiger partial charge in [0.25, 0.3) is 15.6 Å². The zero-order valence-corrected chi connectivity index (χ0v) is 17.1. The maximum Gasteiger partial charge on any atom is 0.276 e. The van der Waals surface area contributed by atoms with Gasteiger partial charge in [0.1, 0.15) is 18.1 Å². The average molecular weight is 444 g/mol. The topological polar surface area (TPSA) is 67.9 Å². The van der Waals surface area contributed by atoms with Crippen molar-refractivity contribution in [3.05, 3.63) is 48.0 Å². The van der Waals surface area contributed by atoms with Crippen LogP contribution in [0, 0.1) is 6.92 Å². The van der Waals surface area contributed by atoms with Crippen LogP contribution in [0.2, 0.25) is 0 Å². The molecule has 0 fully saturated rings. The van der Waals surface area contributed by atoms with E-state index in [1.807, 2.05) is 31.2 Å². The normalized spacial score (nSPS) is 13.6. The Balaban J connectivity index is 1.73. The first-order valence-corrected chi connectivity index (χ1v) is 9.52. The number of hydrogen-bond donors (Lipinski definition) is 1. The summed E-state index contributed by atoms with van der Waals surface area (Å²) < 4.78 is 9.09. The van der Waals surface area contributed by atoms with Crippen molar-refractivity contribution in [3.8, 4) is 11.5 Å². The minimum atomic E-state index is -2.09. The molecule has 2 aromatic rings. The molecule has 2 amide bonds. The number of benzene rings is 2. The fourth-order valence-electron chi connectivity index (χ4n) is 2.69. The van der Waals surface area contributed by atoms with Crippen LogP contribution in [0.3, 0.4) is 0 Å². The lowest BCUT2D eigenvalue weighted by Gasteiger charge is -2.30. The van der Waals surface area contributed by atoms with Crippen molar-refractivity contribution in [3.63, 3.8) is 0 Å². The van der Waals surface area contributed by atoms with E-state index in [-0.39, 0.29) is 12.5 Å². The van der Waals surface area contributed by atoms with Crippen molar-refractivity contribution >= 4 is 58.0 Å². The van der Waals surface area contributed by atoms with Gasteiger partial charge < -0.3 is 19.7 Å². The lowest BCUT2D eigenvalue weighted by molar-refractivity contribution is -0.121. The molecule has 0 radical (unpaired) electrons. The van der Waals surface area contributed by atoms with E-state index in [0.29, 0.717) is 30.3 Å². The van der Waals surface area contributed by atoms with Crippen molar-refractivity contribution in [2.24, 2.45) is 0 Å². The van der Waals surface area contributed by atoms with Gasteiger partial charge in [-0.25, -0.2) is 0 Å². The van der Waals surface area contributed by atoms with Gasteiger partial charge >= 0.3 is 0 Å². The Bertz CT molecular complexity index is 899. The maximum atomic E-state index is 12.3. The summed E-state index contributed by atoms with van der Waals surface area (Å²) in [5.41, 5.74) is 1.96. The molecule has 0 saturated carbocycles. The summed E-state index contributed by atoms with van der Waals surface area (Å²) in [6.45, 7) is 2.50. The van der Waals surface area contributed by atoms with Crippen LogP contribution in [0.1, 0.15) is 5.56 Å². The molecule has 3 rings (SSSR count). The standard InChI is InChI=1S/C19H17Cl3N2O4/c1-12-3-2-4-14(9-12)27-8-7-24-15-10-13(23-18(26)19(20,21)22)5-6-16(15)28-11-17(24)25/h2-6,9-10H,7-8,11H2,1H3,(H,23,26). The number of fused-ring (bicyclic) bond motifs is 1. The Morgan fingerprint density at radius 2 is 2.04 bits per heavy atom. The van der Waals surface area contributed by atoms with Gasteiger partial charge in [-0.05, 0) is 42.8 Å². The molecule has 1 N–H and O–H groups in total. The highest BCUT2D eigenvalue weighted by molar-refractivity contribution is 6.76. The summed E-state index contributed by atoms with van der Waals surface area (Å²) in [6, 6.07) is 12.5. The van der Waals surface area contributed by atoms with Crippen LogP contribution in [0.5, 0.6) is 11.5 Å². The molecule has 9 heteroatoms. The molecule has 2 aromatic carbocycles. The van der Waals surface area contributed by atoms with E-state index in [1.54, 1.807) is 23.1 Å². The Hall–Kier alpha value is -2.15. The van der Waals surface area contributed by atoms with Crippen molar-refractivity contribution in [2.75, 3.05) is 30.0 Å². The predicted molar refractivity (Wildman–Crippen MR) is 110 cm³/mol. The first kappa shape index (κ1) is 20.6. The van der Waals surface area contributed by atoms with E-state index < -0.39 is 9.70 Å². The summed E-state index contributed by atoms with van der Waals surface area (Å²) in [5, 5.41) is 2.50. The van der Waals surface area contributed by atoms with Crippen LogP contribution in [0.4, 0.5) is 11.4 Å². The molecule has 0 atom stereocenters. The van der Waals surface area contributed by atoms with Gasteiger partial charge in [-0.3, -0.25) is 9.59 Å². The number of ether oxygens (including phenoxy) is 2. The SMILES string of the molecule is Cc1cccc(OCCN2C(=O)COc3ccc(NC(=O)C(Cl)(Cl)Cl)cc32)c1. The number of halogens is 3. The van der Waals surface area contributed by atoms with Crippen molar-refractivity contribution in [1.82, 2.24) is 0 Å². The zero-order valence-electron chi connectivity index (χ0n) is 14.9. The van der Waals surface area contributed by atoms with Gasteiger partial charge in [0, 0.05) is 5.69 Å². The number of carbonyl (C=O) groups is 2. The second-order valence-electron chi connectivity index (χ2n) is 6.13. The van der Waals surface area contributed by atoms with Crippen LogP contribution in [0.25, 0.3) is 0 Å². The maximum absolute atomic E-state index is 12.3. The van der Waals surface area contributed by atoms with Gasteiger partial charge in [0.2, 0.25) is 0 Å². The fraction of sp³-hybridized carbons (Fsp3) is 0.263. The molecule has 0 saturated heterocycles. The second-order valence-corrected chi connectivity index (χ2v) is 8.41. The van der Waals surface area contributed by atoms with E-state index in [0.717, 1.165) is 11.3 Å². The van der Waals surface area contributed by atoms with Gasteiger partial charge in [-0.1, -0.05) is 46.9 Å². The minimum Gasteiger partial charge on any atom is -0.492 e. The molecule has 0 aliphatic carbocycles. The van der Waals surface area contributed by atoms with Crippen molar-refractivity contribution < 1.29 is 19.1 Å². The third-order valence-electron chi connectivity index (χ3n) is 3.99. The first-order valence-electron chi connectivity index (χ1n) is 8.39. The third-order valence-corrected chi connectivity index (χ3v) is 4.51. The molecular formula is C19H17Cl3N2O4. The van der Waals surface area contributed by atoms with E-state index in [9.17, 15) is 9.59 Å². The lowest BCUT2D eigenvalue weighted by Crippen LogP contribution is -2.41. The van der Waals surface area contributed by atoms with Gasteiger partial charge in [-0.2, -0.15) is 0 Å². The van der Waals surface area contributed by atoms with E-state index in [4.69, 9.17) is 44.3 Å². The number of alkyl halides is 3. The Morgan fingerprint density at radius 3 is 2.75 bits per heavy atom. The number of rotatable bonds is 5. The van der Waals surface area contributed by atoms with Crippen LogP contribution in [-0.4, -0.2) is 35.4 Å². The van der Waals surface area contributed by atoms with Gasteiger partial charge in [-0.15, -0.1) is 0 Å². The zero-order chi connectivity index (χ0) is 20.3. The van der Waals surface area contributed by atoms with E-state index >= 15 is 0 Å². The number of amides is 2. The number of hydrogen-bond acceptors (Lipinski definition) is 4. The monoisotopic (exact) mass is 442 g/mol. The highest BCUT2D eigenvalue weighted by Gasteiger charge is 2.31. The van der Waals surface area contributed by atoms with Crippen molar-refractivity contribution in [2.45, 2.75) is 10.7 Å². The molecule has 0 bridgehead atoms. The molecule has 148 valence electrons. The van der Waals surface area contributed by atoms with E-state index in [1.165, 1.54) is 0 Å². The smallest absolute Gasteiger partial charge is 0.276 e. The number of carbonyl (C=O) groups excluding carboxylic acids is 2. The van der Waals surface area contributed by atoms with Crippen molar-refractivity contribution in [1.29, 1.82) is 0 Å². The summed E-state index contributed by atoms with van der Waals surface area (Å²) in [6.07, 6.45) is 0. The molecule has 1 aliphatic rings. The lowest BCUT2D eigenvalue weighted by atomic mass is 10.2. The van der Waals surface area contributed by atoms with Gasteiger partial charge in [0.15, 0.2) is 6.61 Å². The highest BCUT2D eigenvalue weighted by Crippen LogP contribution is 2.35. The van der Waals surface area contributed by atoms with Crippen LogP contribution in [0.15, 0.2) is 42.5 Å². The molecule has 6 nitrogen and oxygen atoms in total. The number of anilines is 2. The van der Waals surface area contributed by atoms with Crippen LogP contribution >= 0.6 is 34.8 Å². The summed E-state index contributed by atoms with van der Waals surface area (Å²) in [5.74, 6) is 0.228. The number of nitrogens with one attached hydrogen (secondary N) is 1. The summed E-state index contributed by atoms with van der Waals surface area (Å²) >= 11 is 16.7. The fourth-order valence-corrected chi connectivity index (χ4v) is 2.83. The molecule has 0 aromatic heterocycles. The molecule has 1 aliphatic heterocycles. The largest absolute Gasteiger partial charge is 0.492 e. The van der Waals surface area contributed by atoms with Crippen LogP contribution in [-0.2, 0) is 9.59 Å². The molecular weight excluding hydrogens is 427 g/mol.